The molecule has 1 heterocycles. The molecule has 1 unspecified atom stereocenters. The second-order valence-corrected chi connectivity index (χ2v) is 4.56. The molecular formula is C13H19N3O2. The molecule has 1 atom stereocenters. The molecule has 1 fully saturated rings. The molecule has 1 saturated heterocycles. The monoisotopic (exact) mass is 249 g/mol. The minimum absolute atomic E-state index is 0.182. The highest BCUT2D eigenvalue weighted by atomic mass is 16.6. The molecular weight excluding hydrogens is 230 g/mol. The maximum absolute atomic E-state index is 10.8. The van der Waals surface area contributed by atoms with Gasteiger partial charge < -0.3 is 5.32 Å². The first-order valence-corrected chi connectivity index (χ1v) is 6.41. The van der Waals surface area contributed by atoms with E-state index in [0.29, 0.717) is 0 Å². The molecule has 1 N–H and O–H groups in total. The largest absolute Gasteiger partial charge is 0.314 e. The first-order valence-electron chi connectivity index (χ1n) is 6.41. The minimum Gasteiger partial charge on any atom is -0.314 e. The van der Waals surface area contributed by atoms with Gasteiger partial charge in [0.25, 0.3) is 5.69 Å². The van der Waals surface area contributed by atoms with Crippen molar-refractivity contribution in [1.82, 2.24) is 10.2 Å². The highest BCUT2D eigenvalue weighted by molar-refractivity contribution is 5.35. The number of non-ortho nitro benzene ring substituents is 1. The molecule has 0 aromatic heterocycles. The zero-order valence-electron chi connectivity index (χ0n) is 10.6. The maximum atomic E-state index is 10.8. The van der Waals surface area contributed by atoms with Crippen molar-refractivity contribution in [3.63, 3.8) is 0 Å². The summed E-state index contributed by atoms with van der Waals surface area (Å²) in [6.45, 7) is 6.12. The van der Waals surface area contributed by atoms with Crippen LogP contribution < -0.4 is 5.32 Å². The van der Waals surface area contributed by atoms with Gasteiger partial charge in [-0.05, 0) is 12.0 Å². The third-order valence-electron chi connectivity index (χ3n) is 3.44. The molecule has 2 rings (SSSR count). The zero-order chi connectivity index (χ0) is 13.0. The Morgan fingerprint density at radius 1 is 1.44 bits per heavy atom. The van der Waals surface area contributed by atoms with Crippen molar-refractivity contribution in [2.75, 3.05) is 26.2 Å². The Kier molecular flexibility index (Phi) is 4.28. The Morgan fingerprint density at radius 2 is 2.17 bits per heavy atom. The predicted molar refractivity (Wildman–Crippen MR) is 70.6 cm³/mol. The van der Waals surface area contributed by atoms with Gasteiger partial charge in [-0.25, -0.2) is 0 Å². The van der Waals surface area contributed by atoms with E-state index >= 15 is 0 Å². The number of nitro groups is 1. The van der Waals surface area contributed by atoms with Gasteiger partial charge in [0, 0.05) is 44.4 Å². The van der Waals surface area contributed by atoms with Gasteiger partial charge in [0.1, 0.15) is 0 Å². The summed E-state index contributed by atoms with van der Waals surface area (Å²) in [4.78, 5) is 12.9. The van der Waals surface area contributed by atoms with E-state index in [0.717, 1.165) is 38.2 Å². The van der Waals surface area contributed by atoms with Gasteiger partial charge in [0.15, 0.2) is 0 Å². The lowest BCUT2D eigenvalue weighted by Gasteiger charge is -2.34. The summed E-state index contributed by atoms with van der Waals surface area (Å²) in [6.07, 6.45) is 0.973. The zero-order valence-corrected chi connectivity index (χ0v) is 10.6. The van der Waals surface area contributed by atoms with Crippen molar-refractivity contribution in [2.24, 2.45) is 0 Å². The van der Waals surface area contributed by atoms with Crippen LogP contribution in [0.5, 0.6) is 0 Å². The van der Waals surface area contributed by atoms with Gasteiger partial charge in [-0.3, -0.25) is 15.0 Å². The second-order valence-electron chi connectivity index (χ2n) is 4.56. The van der Waals surface area contributed by atoms with Crippen LogP contribution in [0.4, 0.5) is 5.69 Å². The van der Waals surface area contributed by atoms with Crippen LogP contribution in [0.15, 0.2) is 24.3 Å². The Bertz CT molecular complexity index is 416. The Morgan fingerprint density at radius 3 is 2.78 bits per heavy atom. The van der Waals surface area contributed by atoms with Crippen LogP contribution in [-0.2, 0) is 0 Å². The summed E-state index contributed by atoms with van der Waals surface area (Å²) >= 11 is 0. The average molecular weight is 249 g/mol. The van der Waals surface area contributed by atoms with Crippen LogP contribution >= 0.6 is 0 Å². The number of benzene rings is 1. The molecule has 0 radical (unpaired) electrons. The lowest BCUT2D eigenvalue weighted by molar-refractivity contribution is -0.385. The van der Waals surface area contributed by atoms with E-state index in [-0.39, 0.29) is 16.7 Å². The summed E-state index contributed by atoms with van der Waals surface area (Å²) in [6, 6.07) is 7.30. The van der Waals surface area contributed by atoms with Gasteiger partial charge in [0.2, 0.25) is 0 Å². The lowest BCUT2D eigenvalue weighted by atomic mass is 10.0. The molecule has 0 aliphatic carbocycles. The van der Waals surface area contributed by atoms with Crippen LogP contribution in [0.2, 0.25) is 0 Å². The minimum atomic E-state index is -0.325. The first-order chi connectivity index (χ1) is 8.72. The van der Waals surface area contributed by atoms with Crippen molar-refractivity contribution in [1.29, 1.82) is 0 Å². The fourth-order valence-electron chi connectivity index (χ4n) is 2.54. The molecule has 18 heavy (non-hydrogen) atoms. The quantitative estimate of drug-likeness (QED) is 0.654. The fourth-order valence-corrected chi connectivity index (χ4v) is 2.54. The summed E-state index contributed by atoms with van der Waals surface area (Å²) in [5.74, 6) is 0. The molecule has 0 bridgehead atoms. The topological polar surface area (TPSA) is 58.4 Å². The van der Waals surface area contributed by atoms with Crippen LogP contribution in [0.25, 0.3) is 0 Å². The Labute approximate surface area is 107 Å². The predicted octanol–water partition coefficient (Wildman–Crippen LogP) is 1.95. The normalized spacial score (nSPS) is 18.5. The molecule has 0 saturated carbocycles. The van der Waals surface area contributed by atoms with Crippen LogP contribution in [-0.4, -0.2) is 36.0 Å². The summed E-state index contributed by atoms with van der Waals surface area (Å²) < 4.78 is 0. The highest BCUT2D eigenvalue weighted by Gasteiger charge is 2.21. The number of hydrogen-bond acceptors (Lipinski definition) is 4. The van der Waals surface area contributed by atoms with Gasteiger partial charge >= 0.3 is 0 Å². The van der Waals surface area contributed by atoms with Crippen LogP contribution in [0, 0.1) is 10.1 Å². The van der Waals surface area contributed by atoms with E-state index in [9.17, 15) is 10.1 Å². The van der Waals surface area contributed by atoms with E-state index in [1.54, 1.807) is 18.2 Å². The molecule has 0 spiro atoms. The third-order valence-corrected chi connectivity index (χ3v) is 3.44. The van der Waals surface area contributed by atoms with Crippen molar-refractivity contribution in [3.05, 3.63) is 39.9 Å². The molecule has 1 aromatic rings. The van der Waals surface area contributed by atoms with Gasteiger partial charge in [-0.1, -0.05) is 19.1 Å². The van der Waals surface area contributed by atoms with E-state index in [1.165, 1.54) is 0 Å². The molecule has 98 valence electrons. The Hall–Kier alpha value is -1.46. The number of piperazine rings is 1. The third kappa shape index (κ3) is 2.86. The lowest BCUT2D eigenvalue weighted by Crippen LogP contribution is -2.45. The maximum Gasteiger partial charge on any atom is 0.269 e. The van der Waals surface area contributed by atoms with Crippen molar-refractivity contribution < 1.29 is 4.92 Å². The Balaban J connectivity index is 2.20. The van der Waals surface area contributed by atoms with Crippen LogP contribution in [0.1, 0.15) is 24.9 Å². The standard InChI is InChI=1S/C13H19N3O2/c1-2-13(15-8-6-14-7-9-15)11-4-3-5-12(10-11)16(17)18/h3-5,10,13-14H,2,6-9H2,1H3. The number of rotatable bonds is 4. The number of nitrogens with one attached hydrogen (secondary N) is 1. The van der Waals surface area contributed by atoms with E-state index in [4.69, 9.17) is 0 Å². The fraction of sp³-hybridized carbons (Fsp3) is 0.538. The van der Waals surface area contributed by atoms with Gasteiger partial charge in [-0.2, -0.15) is 0 Å². The van der Waals surface area contributed by atoms with Gasteiger partial charge in [-0.15, -0.1) is 0 Å². The smallest absolute Gasteiger partial charge is 0.269 e. The number of hydrogen-bond donors (Lipinski definition) is 1. The average Bonchev–Trinajstić information content (AvgIpc) is 2.41. The van der Waals surface area contributed by atoms with Crippen molar-refractivity contribution in [2.45, 2.75) is 19.4 Å². The molecule has 1 aromatic carbocycles. The SMILES string of the molecule is CCC(c1cccc([N+](=O)[O-])c1)N1CCNCC1. The second kappa shape index (κ2) is 5.93. The van der Waals surface area contributed by atoms with E-state index in [2.05, 4.69) is 17.1 Å². The molecule has 1 aliphatic heterocycles. The first kappa shape index (κ1) is 13.0. The molecule has 5 heteroatoms. The van der Waals surface area contributed by atoms with Crippen molar-refractivity contribution >= 4 is 5.69 Å². The number of nitro benzene ring substituents is 1. The molecule has 5 nitrogen and oxygen atoms in total. The molecule has 0 amide bonds. The van der Waals surface area contributed by atoms with Gasteiger partial charge in [0.05, 0.1) is 4.92 Å². The number of nitrogens with zero attached hydrogens (tertiary/aromatic N) is 2. The molecule has 1 aliphatic rings. The van der Waals surface area contributed by atoms with Crippen LogP contribution in [0.3, 0.4) is 0 Å². The highest BCUT2D eigenvalue weighted by Crippen LogP contribution is 2.27. The van der Waals surface area contributed by atoms with E-state index in [1.807, 2.05) is 6.07 Å². The van der Waals surface area contributed by atoms with Crippen molar-refractivity contribution in [3.8, 4) is 0 Å². The summed E-state index contributed by atoms with van der Waals surface area (Å²) in [7, 11) is 0. The summed E-state index contributed by atoms with van der Waals surface area (Å²) in [5.41, 5.74) is 1.23. The van der Waals surface area contributed by atoms with E-state index < -0.39 is 0 Å². The summed E-state index contributed by atoms with van der Waals surface area (Å²) in [5, 5.41) is 14.1.